The molecule has 130 valence electrons. The molecule has 3 N–H and O–H groups in total. The number of aryl methyl sites for hydroxylation is 1. The van der Waals surface area contributed by atoms with Crippen LogP contribution in [0, 0.1) is 0 Å². The molecule has 1 aromatic carbocycles. The first-order valence-electron chi connectivity index (χ1n) is 7.26. The number of hydrogen-bond acceptors (Lipinski definition) is 6. The van der Waals surface area contributed by atoms with Crippen LogP contribution in [0.25, 0.3) is 0 Å². The molecule has 8 heteroatoms. The Hall–Kier alpha value is -2.38. The summed E-state index contributed by atoms with van der Waals surface area (Å²) in [5, 5.41) is 16.8. The fraction of sp³-hybridized carbons (Fsp3) is 0.312. The van der Waals surface area contributed by atoms with Gasteiger partial charge in [0.15, 0.2) is 5.76 Å². The summed E-state index contributed by atoms with van der Waals surface area (Å²) < 4.78 is 5.03. The lowest BCUT2D eigenvalue weighted by atomic mass is 10.1. The first-order chi connectivity index (χ1) is 11.0. The second kappa shape index (κ2) is 9.69. The second-order valence-electron chi connectivity index (χ2n) is 5.17. The third-order valence-electron chi connectivity index (χ3n) is 3.27. The first-order valence-corrected chi connectivity index (χ1v) is 7.26. The van der Waals surface area contributed by atoms with Gasteiger partial charge in [-0.15, -0.1) is 12.4 Å². The summed E-state index contributed by atoms with van der Waals surface area (Å²) in [5.41, 5.74) is 7.36. The number of hydrogen-bond donors (Lipinski definition) is 2. The monoisotopic (exact) mass is 352 g/mol. The summed E-state index contributed by atoms with van der Waals surface area (Å²) in [4.78, 5) is 22.3. The number of carbonyl (C=O) groups excluding carboxylic acids is 2. The van der Waals surface area contributed by atoms with Crippen LogP contribution < -0.4 is 16.2 Å². The van der Waals surface area contributed by atoms with Gasteiger partial charge < -0.3 is 25.5 Å². The van der Waals surface area contributed by atoms with Gasteiger partial charge in [-0.25, -0.2) is 0 Å². The van der Waals surface area contributed by atoms with Gasteiger partial charge >= 0.3 is 0 Å². The largest absolute Gasteiger partial charge is 0.550 e. The zero-order valence-corrected chi connectivity index (χ0v) is 13.8. The van der Waals surface area contributed by atoms with Gasteiger partial charge in [0.25, 0.3) is 0 Å². The molecule has 7 nitrogen and oxygen atoms in total. The number of carbonyl (C=O) groups is 2. The lowest BCUT2D eigenvalue weighted by Gasteiger charge is -2.11. The van der Waals surface area contributed by atoms with Crippen molar-refractivity contribution < 1.29 is 19.2 Å². The molecule has 0 unspecified atom stereocenters. The highest BCUT2D eigenvalue weighted by Crippen LogP contribution is 2.06. The number of carboxylic acid groups (broad SMARTS) is 1. The average Bonchev–Trinajstić information content (AvgIpc) is 2.99. The number of nitrogens with one attached hydrogen (secondary N) is 1. The summed E-state index contributed by atoms with van der Waals surface area (Å²) in [6.45, 7) is 0.152. The molecule has 0 bridgehead atoms. The van der Waals surface area contributed by atoms with E-state index in [2.05, 4.69) is 10.5 Å². The molecular weight excluding hydrogens is 334 g/mol. The quantitative estimate of drug-likeness (QED) is 0.687. The van der Waals surface area contributed by atoms with E-state index in [9.17, 15) is 14.7 Å². The van der Waals surface area contributed by atoms with E-state index in [1.165, 1.54) is 0 Å². The van der Waals surface area contributed by atoms with Crippen molar-refractivity contribution in [2.24, 2.45) is 5.73 Å². The number of aromatic nitrogens is 1. The van der Waals surface area contributed by atoms with Gasteiger partial charge in [-0.2, -0.15) is 0 Å². The fourth-order valence-electron chi connectivity index (χ4n) is 2.05. The predicted molar refractivity (Wildman–Crippen MR) is 87.0 cm³/mol. The van der Waals surface area contributed by atoms with Crippen LogP contribution in [0.15, 0.2) is 40.9 Å². The highest BCUT2D eigenvalue weighted by Gasteiger charge is 2.14. The lowest BCUT2D eigenvalue weighted by molar-refractivity contribution is -0.305. The lowest BCUT2D eigenvalue weighted by Crippen LogP contribution is -2.41. The van der Waals surface area contributed by atoms with Gasteiger partial charge in [0.1, 0.15) is 0 Å². The Labute approximate surface area is 145 Å². The van der Waals surface area contributed by atoms with E-state index in [1.54, 1.807) is 6.07 Å². The Bertz CT molecular complexity index is 660. The SMILES string of the molecule is Cl.N[C@@H](Cc1ccccc1)C(=O)NCc1cc(CCC(=O)[O-])no1. The third kappa shape index (κ3) is 6.39. The highest BCUT2D eigenvalue weighted by atomic mass is 35.5. The number of nitrogens with two attached hydrogens (primary N) is 1. The van der Waals surface area contributed by atoms with Crippen LogP contribution in [0.5, 0.6) is 0 Å². The van der Waals surface area contributed by atoms with E-state index >= 15 is 0 Å². The van der Waals surface area contributed by atoms with Crippen LogP contribution in [0.4, 0.5) is 0 Å². The summed E-state index contributed by atoms with van der Waals surface area (Å²) in [6.07, 6.45) is 0.549. The number of carboxylic acids is 1. The molecule has 1 atom stereocenters. The molecule has 0 aliphatic heterocycles. The first kappa shape index (κ1) is 19.7. The van der Waals surface area contributed by atoms with Crippen LogP contribution >= 0.6 is 12.4 Å². The molecule has 0 aliphatic carbocycles. The van der Waals surface area contributed by atoms with Crippen LogP contribution in [0.3, 0.4) is 0 Å². The van der Waals surface area contributed by atoms with Crippen molar-refractivity contribution in [3.8, 4) is 0 Å². The Morgan fingerprint density at radius 2 is 2.00 bits per heavy atom. The van der Waals surface area contributed by atoms with Crippen molar-refractivity contribution in [3.05, 3.63) is 53.4 Å². The highest BCUT2D eigenvalue weighted by molar-refractivity contribution is 5.85. The number of rotatable bonds is 8. The molecule has 0 saturated heterocycles. The minimum absolute atomic E-state index is 0. The fourth-order valence-corrected chi connectivity index (χ4v) is 2.05. The van der Waals surface area contributed by atoms with Gasteiger partial charge in [0.05, 0.1) is 18.3 Å². The van der Waals surface area contributed by atoms with Crippen LogP contribution in [0.1, 0.15) is 23.4 Å². The Morgan fingerprint density at radius 1 is 1.29 bits per heavy atom. The zero-order valence-electron chi connectivity index (χ0n) is 12.9. The minimum atomic E-state index is -1.14. The predicted octanol–water partition coefficient (Wildman–Crippen LogP) is -0.0349. The standard InChI is InChI=1S/C16H19N3O4.ClH/c17-14(8-11-4-2-1-3-5-11)16(22)18-10-13-9-12(19-23-13)6-7-15(20)21;/h1-5,9,14H,6-8,10,17H2,(H,18,22)(H,20,21);1H/p-1/t14-;/m0./s1. The summed E-state index contributed by atoms with van der Waals surface area (Å²) in [5.74, 6) is -0.991. The van der Waals surface area contributed by atoms with E-state index < -0.39 is 12.0 Å². The molecule has 1 amide bonds. The molecule has 0 radical (unpaired) electrons. The number of aliphatic carboxylic acids is 1. The number of amides is 1. The molecular formula is C16H19ClN3O4-. The maximum absolute atomic E-state index is 12.0. The Morgan fingerprint density at radius 3 is 2.67 bits per heavy atom. The maximum atomic E-state index is 12.0. The minimum Gasteiger partial charge on any atom is -0.550 e. The molecule has 1 heterocycles. The summed E-state index contributed by atoms with van der Waals surface area (Å²) in [7, 11) is 0. The van der Waals surface area contributed by atoms with Crippen molar-refractivity contribution in [2.45, 2.75) is 31.8 Å². The van der Waals surface area contributed by atoms with E-state index in [4.69, 9.17) is 10.3 Å². The van der Waals surface area contributed by atoms with Gasteiger partial charge in [-0.3, -0.25) is 4.79 Å². The molecule has 24 heavy (non-hydrogen) atoms. The smallest absolute Gasteiger partial charge is 0.237 e. The average molecular weight is 353 g/mol. The molecule has 2 rings (SSSR count). The number of benzene rings is 1. The van der Waals surface area contributed by atoms with Gasteiger partial charge in [-0.05, 0) is 24.8 Å². The van der Waals surface area contributed by atoms with E-state index in [1.807, 2.05) is 30.3 Å². The van der Waals surface area contributed by atoms with Gasteiger partial charge in [-0.1, -0.05) is 35.5 Å². The topological polar surface area (TPSA) is 121 Å². The van der Waals surface area contributed by atoms with Gasteiger partial charge in [0.2, 0.25) is 5.91 Å². The van der Waals surface area contributed by atoms with Crippen LogP contribution in [0.2, 0.25) is 0 Å². The Balaban J connectivity index is 0.00000288. The molecule has 0 saturated carbocycles. The van der Waals surface area contributed by atoms with Crippen molar-refractivity contribution in [3.63, 3.8) is 0 Å². The van der Waals surface area contributed by atoms with Crippen molar-refractivity contribution in [2.75, 3.05) is 0 Å². The van der Waals surface area contributed by atoms with Crippen LogP contribution in [-0.4, -0.2) is 23.1 Å². The maximum Gasteiger partial charge on any atom is 0.237 e. The van der Waals surface area contributed by atoms with E-state index in [0.29, 0.717) is 17.9 Å². The molecule has 1 aromatic heterocycles. The number of halogens is 1. The summed E-state index contributed by atoms with van der Waals surface area (Å²) >= 11 is 0. The zero-order chi connectivity index (χ0) is 16.7. The normalized spacial score (nSPS) is 11.4. The van der Waals surface area contributed by atoms with Crippen molar-refractivity contribution >= 4 is 24.3 Å². The van der Waals surface area contributed by atoms with E-state index in [-0.39, 0.29) is 37.7 Å². The van der Waals surface area contributed by atoms with Gasteiger partial charge in [0, 0.05) is 12.0 Å². The Kier molecular flexibility index (Phi) is 7.94. The molecule has 0 aliphatic rings. The number of nitrogens with zero attached hydrogens (tertiary/aromatic N) is 1. The van der Waals surface area contributed by atoms with Crippen molar-refractivity contribution in [1.82, 2.24) is 10.5 Å². The molecule has 0 fully saturated rings. The molecule has 0 spiro atoms. The molecule has 2 aromatic rings. The van der Waals surface area contributed by atoms with Crippen LogP contribution in [-0.2, 0) is 29.0 Å². The third-order valence-corrected chi connectivity index (χ3v) is 3.27. The van der Waals surface area contributed by atoms with E-state index in [0.717, 1.165) is 5.56 Å². The van der Waals surface area contributed by atoms with Crippen molar-refractivity contribution in [1.29, 1.82) is 0 Å². The summed E-state index contributed by atoms with van der Waals surface area (Å²) in [6, 6.07) is 10.5. The second-order valence-corrected chi connectivity index (χ2v) is 5.17.